The van der Waals surface area contributed by atoms with Crippen LogP contribution in [-0.4, -0.2) is 42.6 Å². The third-order valence-corrected chi connectivity index (χ3v) is 3.71. The lowest BCUT2D eigenvalue weighted by Crippen LogP contribution is -2.29. The maximum absolute atomic E-state index is 12.7. The van der Waals surface area contributed by atoms with Gasteiger partial charge in [0.25, 0.3) is 5.91 Å². The van der Waals surface area contributed by atoms with E-state index < -0.39 is 0 Å². The summed E-state index contributed by atoms with van der Waals surface area (Å²) in [5.41, 5.74) is 1.53. The molecule has 7 heteroatoms. The summed E-state index contributed by atoms with van der Waals surface area (Å²) in [5.74, 6) is 0.459. The van der Waals surface area contributed by atoms with E-state index in [9.17, 15) is 4.79 Å². The molecule has 0 aliphatic heterocycles. The molecule has 0 spiro atoms. The number of carbonyl (C=O) groups is 1. The summed E-state index contributed by atoms with van der Waals surface area (Å²) >= 11 is 0. The number of nitrogens with zero attached hydrogens (tertiary/aromatic N) is 6. The molecule has 7 nitrogen and oxygen atoms in total. The van der Waals surface area contributed by atoms with Crippen molar-refractivity contribution in [2.45, 2.75) is 13.0 Å². The van der Waals surface area contributed by atoms with E-state index >= 15 is 0 Å². The molecular weight excluding hydrogens is 292 g/mol. The van der Waals surface area contributed by atoms with Gasteiger partial charge < -0.3 is 4.90 Å². The molecule has 23 heavy (non-hydrogen) atoms. The Balaban J connectivity index is 1.84. The van der Waals surface area contributed by atoms with Crippen LogP contribution in [0.25, 0.3) is 5.82 Å². The van der Waals surface area contributed by atoms with Crippen molar-refractivity contribution in [1.29, 1.82) is 0 Å². The summed E-state index contributed by atoms with van der Waals surface area (Å²) in [4.78, 5) is 26.6. The van der Waals surface area contributed by atoms with Crippen molar-refractivity contribution in [3.05, 3.63) is 66.6 Å². The number of hydrogen-bond acceptors (Lipinski definition) is 5. The van der Waals surface area contributed by atoms with Gasteiger partial charge >= 0.3 is 0 Å². The van der Waals surface area contributed by atoms with E-state index in [0.29, 0.717) is 11.4 Å². The highest BCUT2D eigenvalue weighted by atomic mass is 16.2. The van der Waals surface area contributed by atoms with E-state index in [-0.39, 0.29) is 11.9 Å². The number of amides is 1. The summed E-state index contributed by atoms with van der Waals surface area (Å²) in [6, 6.07) is 7.12. The van der Waals surface area contributed by atoms with Crippen LogP contribution in [0.1, 0.15) is 28.9 Å². The third kappa shape index (κ3) is 3.08. The van der Waals surface area contributed by atoms with E-state index in [1.54, 1.807) is 49.0 Å². The van der Waals surface area contributed by atoms with Gasteiger partial charge in [0.15, 0.2) is 5.82 Å². The molecule has 3 heterocycles. The molecule has 116 valence electrons. The minimum Gasteiger partial charge on any atom is -0.335 e. The second-order valence-electron chi connectivity index (χ2n) is 5.12. The standard InChI is InChI=1S/C16H16N6O/c1-12(14-4-3-6-17-9-14)21(2)16(23)13-5-7-19-15(8-13)22-11-18-10-20-22/h3-12H,1-2H3. The fraction of sp³-hybridized carbons (Fsp3) is 0.188. The predicted molar refractivity (Wildman–Crippen MR) is 83.9 cm³/mol. The molecule has 1 atom stereocenters. The first-order valence-corrected chi connectivity index (χ1v) is 7.15. The zero-order valence-electron chi connectivity index (χ0n) is 12.9. The Labute approximate surface area is 133 Å². The van der Waals surface area contributed by atoms with Crippen LogP contribution >= 0.6 is 0 Å². The smallest absolute Gasteiger partial charge is 0.254 e. The first kappa shape index (κ1) is 14.8. The van der Waals surface area contributed by atoms with Gasteiger partial charge in [0, 0.05) is 31.2 Å². The molecule has 1 amide bonds. The Hall–Kier alpha value is -3.09. The average Bonchev–Trinajstić information content (AvgIpc) is 3.15. The second kappa shape index (κ2) is 6.35. The maximum Gasteiger partial charge on any atom is 0.254 e. The van der Waals surface area contributed by atoms with Crippen LogP contribution in [0.5, 0.6) is 0 Å². The van der Waals surface area contributed by atoms with E-state index in [4.69, 9.17) is 0 Å². The number of carbonyl (C=O) groups excluding carboxylic acids is 1. The van der Waals surface area contributed by atoms with Crippen molar-refractivity contribution < 1.29 is 4.79 Å². The van der Waals surface area contributed by atoms with Crippen LogP contribution < -0.4 is 0 Å². The lowest BCUT2D eigenvalue weighted by atomic mass is 10.1. The summed E-state index contributed by atoms with van der Waals surface area (Å²) in [6.07, 6.45) is 8.03. The molecule has 0 aliphatic rings. The molecule has 3 aromatic rings. The topological polar surface area (TPSA) is 76.8 Å². The van der Waals surface area contributed by atoms with Crippen molar-refractivity contribution in [3.63, 3.8) is 0 Å². The maximum atomic E-state index is 12.7. The summed E-state index contributed by atoms with van der Waals surface area (Å²) in [5, 5.41) is 4.02. The molecule has 3 rings (SSSR count). The predicted octanol–water partition coefficient (Wildman–Crippen LogP) is 1.89. The summed E-state index contributed by atoms with van der Waals surface area (Å²) < 4.78 is 1.52. The van der Waals surface area contributed by atoms with Gasteiger partial charge in [0.05, 0.1) is 6.04 Å². The monoisotopic (exact) mass is 308 g/mol. The van der Waals surface area contributed by atoms with Gasteiger partial charge in [-0.05, 0) is 30.7 Å². The molecule has 0 bridgehead atoms. The third-order valence-electron chi connectivity index (χ3n) is 3.71. The molecule has 0 saturated heterocycles. The normalized spacial score (nSPS) is 11.9. The van der Waals surface area contributed by atoms with Crippen LogP contribution in [-0.2, 0) is 0 Å². The van der Waals surface area contributed by atoms with E-state index in [2.05, 4.69) is 20.1 Å². The highest BCUT2D eigenvalue weighted by molar-refractivity contribution is 5.94. The van der Waals surface area contributed by atoms with E-state index in [1.165, 1.54) is 11.0 Å². The first-order valence-electron chi connectivity index (χ1n) is 7.15. The van der Waals surface area contributed by atoms with Crippen LogP contribution in [0, 0.1) is 0 Å². The number of aromatic nitrogens is 5. The van der Waals surface area contributed by atoms with Crippen molar-refractivity contribution >= 4 is 5.91 Å². The quantitative estimate of drug-likeness (QED) is 0.735. The summed E-state index contributed by atoms with van der Waals surface area (Å²) in [7, 11) is 1.77. The van der Waals surface area contributed by atoms with Gasteiger partial charge in [0.1, 0.15) is 12.7 Å². The fourth-order valence-corrected chi connectivity index (χ4v) is 2.23. The number of hydrogen-bond donors (Lipinski definition) is 0. The van der Waals surface area contributed by atoms with Crippen LogP contribution in [0.4, 0.5) is 0 Å². The SMILES string of the molecule is CC(c1cccnc1)N(C)C(=O)c1ccnc(-n2cncn2)c1. The molecule has 0 radical (unpaired) electrons. The molecular formula is C16H16N6O. The van der Waals surface area contributed by atoms with Crippen molar-refractivity contribution in [3.8, 4) is 5.82 Å². The Kier molecular flexibility index (Phi) is 4.09. The van der Waals surface area contributed by atoms with Crippen LogP contribution in [0.3, 0.4) is 0 Å². The van der Waals surface area contributed by atoms with E-state index in [0.717, 1.165) is 5.56 Å². The molecule has 0 aromatic carbocycles. The van der Waals surface area contributed by atoms with Gasteiger partial charge in [-0.1, -0.05) is 6.07 Å². The van der Waals surface area contributed by atoms with Gasteiger partial charge in [-0.15, -0.1) is 0 Å². The van der Waals surface area contributed by atoms with E-state index in [1.807, 2.05) is 19.1 Å². The fourth-order valence-electron chi connectivity index (χ4n) is 2.23. The van der Waals surface area contributed by atoms with Crippen molar-refractivity contribution in [2.75, 3.05) is 7.05 Å². The zero-order chi connectivity index (χ0) is 16.2. The molecule has 0 aliphatic carbocycles. The molecule has 0 N–H and O–H groups in total. The molecule has 0 fully saturated rings. The van der Waals surface area contributed by atoms with Gasteiger partial charge in [-0.3, -0.25) is 9.78 Å². The Bertz CT molecular complexity index is 787. The van der Waals surface area contributed by atoms with Gasteiger partial charge in [0.2, 0.25) is 0 Å². The lowest BCUT2D eigenvalue weighted by molar-refractivity contribution is 0.0742. The second-order valence-corrected chi connectivity index (χ2v) is 5.12. The highest BCUT2D eigenvalue weighted by Gasteiger charge is 2.19. The van der Waals surface area contributed by atoms with Crippen molar-refractivity contribution in [2.24, 2.45) is 0 Å². The highest BCUT2D eigenvalue weighted by Crippen LogP contribution is 2.20. The minimum atomic E-state index is -0.0925. The van der Waals surface area contributed by atoms with Crippen molar-refractivity contribution in [1.82, 2.24) is 29.6 Å². The summed E-state index contributed by atoms with van der Waals surface area (Å²) in [6.45, 7) is 1.97. The molecule has 3 aromatic heterocycles. The average molecular weight is 308 g/mol. The Morgan fingerprint density at radius 3 is 2.83 bits per heavy atom. The molecule has 0 saturated carbocycles. The first-order chi connectivity index (χ1) is 11.2. The Morgan fingerprint density at radius 2 is 2.13 bits per heavy atom. The van der Waals surface area contributed by atoms with Crippen LogP contribution in [0.2, 0.25) is 0 Å². The Morgan fingerprint density at radius 1 is 1.26 bits per heavy atom. The minimum absolute atomic E-state index is 0.0841. The zero-order valence-corrected chi connectivity index (χ0v) is 12.9. The molecule has 1 unspecified atom stereocenters. The van der Waals surface area contributed by atoms with Crippen LogP contribution in [0.15, 0.2) is 55.5 Å². The van der Waals surface area contributed by atoms with Gasteiger partial charge in [-0.2, -0.15) is 5.10 Å². The number of rotatable bonds is 4. The number of pyridine rings is 2. The largest absolute Gasteiger partial charge is 0.335 e. The lowest BCUT2D eigenvalue weighted by Gasteiger charge is -2.25. The van der Waals surface area contributed by atoms with Gasteiger partial charge in [-0.25, -0.2) is 14.6 Å².